The summed E-state index contributed by atoms with van der Waals surface area (Å²) in [5, 5.41) is 3.31. The van der Waals surface area contributed by atoms with Crippen molar-refractivity contribution in [1.29, 1.82) is 0 Å². The van der Waals surface area contributed by atoms with Crippen LogP contribution in [0.5, 0.6) is 0 Å². The number of piperidine rings is 2. The normalized spacial score (nSPS) is 25.4. The molecule has 2 N–H and O–H groups in total. The third kappa shape index (κ3) is 3.67. The van der Waals surface area contributed by atoms with E-state index in [9.17, 15) is 9.59 Å². The maximum atomic E-state index is 12.4. The standard InChI is InChI=1S/C13H23N3O3/c1-19-15-12(17)9-10-3-2-8-16(13(10)18)11-4-6-14-7-5-11/h10-11,14H,2-9H2,1H3,(H,15,17). The molecule has 0 radical (unpaired) electrons. The number of hydrogen-bond acceptors (Lipinski definition) is 4. The highest BCUT2D eigenvalue weighted by molar-refractivity contribution is 5.86. The lowest BCUT2D eigenvalue weighted by Crippen LogP contribution is -2.51. The van der Waals surface area contributed by atoms with Crippen LogP contribution in [0.2, 0.25) is 0 Å². The molecule has 2 aliphatic heterocycles. The first-order valence-electron chi connectivity index (χ1n) is 7.05. The molecule has 0 aromatic heterocycles. The van der Waals surface area contributed by atoms with Gasteiger partial charge in [-0.2, -0.15) is 0 Å². The Kier molecular flexibility index (Phi) is 5.15. The Labute approximate surface area is 113 Å². The number of nitrogens with zero attached hydrogens (tertiary/aromatic N) is 1. The van der Waals surface area contributed by atoms with Crippen LogP contribution in [0, 0.1) is 5.92 Å². The van der Waals surface area contributed by atoms with Crippen LogP contribution in [-0.4, -0.2) is 49.5 Å². The van der Waals surface area contributed by atoms with Crippen molar-refractivity contribution in [3.05, 3.63) is 0 Å². The van der Waals surface area contributed by atoms with Crippen LogP contribution in [0.1, 0.15) is 32.1 Å². The number of carbonyl (C=O) groups is 2. The molecule has 0 saturated carbocycles. The van der Waals surface area contributed by atoms with Crippen LogP contribution in [0.25, 0.3) is 0 Å². The van der Waals surface area contributed by atoms with Gasteiger partial charge >= 0.3 is 0 Å². The molecule has 2 rings (SSSR count). The lowest BCUT2D eigenvalue weighted by Gasteiger charge is -2.39. The summed E-state index contributed by atoms with van der Waals surface area (Å²) < 4.78 is 0. The van der Waals surface area contributed by atoms with Gasteiger partial charge in [0.15, 0.2) is 0 Å². The van der Waals surface area contributed by atoms with Crippen LogP contribution >= 0.6 is 0 Å². The zero-order valence-electron chi connectivity index (χ0n) is 11.5. The summed E-state index contributed by atoms with van der Waals surface area (Å²) in [4.78, 5) is 30.6. The van der Waals surface area contributed by atoms with E-state index in [0.717, 1.165) is 45.3 Å². The van der Waals surface area contributed by atoms with Gasteiger partial charge in [0.05, 0.1) is 7.11 Å². The Morgan fingerprint density at radius 3 is 2.84 bits per heavy atom. The van der Waals surface area contributed by atoms with Gasteiger partial charge in [-0.05, 0) is 38.8 Å². The van der Waals surface area contributed by atoms with Crippen molar-refractivity contribution in [3.8, 4) is 0 Å². The predicted molar refractivity (Wildman–Crippen MR) is 70.1 cm³/mol. The number of hydroxylamine groups is 1. The maximum Gasteiger partial charge on any atom is 0.244 e. The first kappa shape index (κ1) is 14.3. The summed E-state index contributed by atoms with van der Waals surface area (Å²) in [6.07, 6.45) is 4.05. The van der Waals surface area contributed by atoms with Crippen molar-refractivity contribution in [3.63, 3.8) is 0 Å². The van der Waals surface area contributed by atoms with Crippen LogP contribution < -0.4 is 10.8 Å². The zero-order chi connectivity index (χ0) is 13.7. The van der Waals surface area contributed by atoms with E-state index < -0.39 is 0 Å². The van der Waals surface area contributed by atoms with Gasteiger partial charge in [-0.3, -0.25) is 14.4 Å². The summed E-state index contributed by atoms with van der Waals surface area (Å²) in [6, 6.07) is 0.349. The largest absolute Gasteiger partial charge is 0.339 e. The Morgan fingerprint density at radius 2 is 2.16 bits per heavy atom. The molecule has 0 aromatic carbocycles. The fourth-order valence-electron chi connectivity index (χ4n) is 3.03. The summed E-state index contributed by atoms with van der Waals surface area (Å²) in [5.74, 6) is -0.254. The molecule has 1 unspecified atom stereocenters. The summed E-state index contributed by atoms with van der Waals surface area (Å²) in [5.41, 5.74) is 2.29. The molecule has 2 aliphatic rings. The van der Waals surface area contributed by atoms with E-state index in [1.807, 2.05) is 4.90 Å². The minimum atomic E-state index is -0.215. The van der Waals surface area contributed by atoms with E-state index in [2.05, 4.69) is 15.6 Å². The smallest absolute Gasteiger partial charge is 0.244 e. The highest BCUT2D eigenvalue weighted by Gasteiger charge is 2.34. The van der Waals surface area contributed by atoms with E-state index >= 15 is 0 Å². The molecule has 0 spiro atoms. The van der Waals surface area contributed by atoms with E-state index in [4.69, 9.17) is 0 Å². The van der Waals surface area contributed by atoms with Crippen molar-refractivity contribution in [2.75, 3.05) is 26.7 Å². The SMILES string of the molecule is CONC(=O)CC1CCCN(C2CCNCC2)C1=O. The molecule has 6 heteroatoms. The van der Waals surface area contributed by atoms with Crippen molar-refractivity contribution in [1.82, 2.24) is 15.7 Å². The quantitative estimate of drug-likeness (QED) is 0.707. The number of nitrogens with one attached hydrogen (secondary N) is 2. The highest BCUT2D eigenvalue weighted by atomic mass is 16.6. The highest BCUT2D eigenvalue weighted by Crippen LogP contribution is 2.25. The Hall–Kier alpha value is -1.14. The molecule has 6 nitrogen and oxygen atoms in total. The van der Waals surface area contributed by atoms with Gasteiger partial charge in [-0.1, -0.05) is 0 Å². The molecule has 0 aromatic rings. The van der Waals surface area contributed by atoms with Crippen LogP contribution in [0.4, 0.5) is 0 Å². The average Bonchev–Trinajstić information content (AvgIpc) is 2.42. The van der Waals surface area contributed by atoms with Crippen LogP contribution in [0.15, 0.2) is 0 Å². The Morgan fingerprint density at radius 1 is 1.42 bits per heavy atom. The predicted octanol–water partition coefficient (Wildman–Crippen LogP) is 0.0447. The summed E-state index contributed by atoms with van der Waals surface area (Å²) in [7, 11) is 1.40. The molecule has 2 amide bonds. The minimum absolute atomic E-state index is 0.143. The van der Waals surface area contributed by atoms with Gasteiger partial charge in [-0.15, -0.1) is 0 Å². The zero-order valence-corrected chi connectivity index (χ0v) is 11.5. The van der Waals surface area contributed by atoms with Gasteiger partial charge in [-0.25, -0.2) is 5.48 Å². The van der Waals surface area contributed by atoms with Crippen LogP contribution in [0.3, 0.4) is 0 Å². The molecular formula is C13H23N3O3. The van der Waals surface area contributed by atoms with E-state index in [-0.39, 0.29) is 24.2 Å². The number of likely N-dealkylation sites (tertiary alicyclic amines) is 1. The molecule has 0 aliphatic carbocycles. The van der Waals surface area contributed by atoms with E-state index in [1.54, 1.807) is 0 Å². The molecule has 0 bridgehead atoms. The lowest BCUT2D eigenvalue weighted by molar-refractivity contribution is -0.146. The summed E-state index contributed by atoms with van der Waals surface area (Å²) in [6.45, 7) is 2.79. The van der Waals surface area contributed by atoms with Crippen molar-refractivity contribution in [2.45, 2.75) is 38.1 Å². The molecule has 2 saturated heterocycles. The second-order valence-electron chi connectivity index (χ2n) is 5.29. The van der Waals surface area contributed by atoms with Crippen molar-refractivity contribution >= 4 is 11.8 Å². The van der Waals surface area contributed by atoms with Gasteiger partial charge in [0, 0.05) is 24.9 Å². The Balaban J connectivity index is 1.91. The van der Waals surface area contributed by atoms with Gasteiger partial charge in [0.25, 0.3) is 0 Å². The fraction of sp³-hybridized carbons (Fsp3) is 0.846. The maximum absolute atomic E-state index is 12.4. The molecule has 2 fully saturated rings. The second kappa shape index (κ2) is 6.86. The Bertz CT molecular complexity index is 329. The van der Waals surface area contributed by atoms with Gasteiger partial charge in [0.2, 0.25) is 11.8 Å². The van der Waals surface area contributed by atoms with Crippen molar-refractivity contribution in [2.24, 2.45) is 5.92 Å². The fourth-order valence-corrected chi connectivity index (χ4v) is 3.03. The molecule has 19 heavy (non-hydrogen) atoms. The van der Waals surface area contributed by atoms with Gasteiger partial charge in [0.1, 0.15) is 0 Å². The number of amides is 2. The molecule has 2 heterocycles. The second-order valence-corrected chi connectivity index (χ2v) is 5.29. The van der Waals surface area contributed by atoms with E-state index in [0.29, 0.717) is 6.04 Å². The van der Waals surface area contributed by atoms with Gasteiger partial charge < -0.3 is 10.2 Å². The van der Waals surface area contributed by atoms with E-state index in [1.165, 1.54) is 7.11 Å². The monoisotopic (exact) mass is 269 g/mol. The minimum Gasteiger partial charge on any atom is -0.339 e. The molecular weight excluding hydrogens is 246 g/mol. The lowest BCUT2D eigenvalue weighted by atomic mass is 9.91. The summed E-state index contributed by atoms with van der Waals surface area (Å²) >= 11 is 0. The van der Waals surface area contributed by atoms with Crippen LogP contribution in [-0.2, 0) is 14.4 Å². The topological polar surface area (TPSA) is 70.7 Å². The molecule has 108 valence electrons. The number of hydrogen-bond donors (Lipinski definition) is 2. The third-order valence-corrected chi connectivity index (χ3v) is 3.98. The third-order valence-electron chi connectivity index (χ3n) is 3.98. The first-order chi connectivity index (χ1) is 9.22. The number of rotatable bonds is 4. The number of carbonyl (C=O) groups excluding carboxylic acids is 2. The average molecular weight is 269 g/mol. The first-order valence-corrected chi connectivity index (χ1v) is 7.05. The molecule has 1 atom stereocenters. The van der Waals surface area contributed by atoms with Crippen molar-refractivity contribution < 1.29 is 14.4 Å².